The SMILES string of the molecule is CS(=O)(=O)c1ccc(O[C@H]2c3cc(Cl)cc(Cl)c3C[C@@H]2CN2CCCC2)cc1. The Morgan fingerprint density at radius 1 is 1.11 bits per heavy atom. The van der Waals surface area contributed by atoms with Crippen LogP contribution in [0, 0.1) is 5.92 Å². The second kappa shape index (κ2) is 7.86. The van der Waals surface area contributed by atoms with Crippen LogP contribution in [0.2, 0.25) is 10.0 Å². The van der Waals surface area contributed by atoms with Crippen molar-refractivity contribution in [3.63, 3.8) is 0 Å². The summed E-state index contributed by atoms with van der Waals surface area (Å²) in [6.07, 6.45) is 4.38. The first-order valence-electron chi connectivity index (χ1n) is 9.48. The molecule has 7 heteroatoms. The van der Waals surface area contributed by atoms with Crippen LogP contribution in [0.3, 0.4) is 0 Å². The Morgan fingerprint density at radius 3 is 2.43 bits per heavy atom. The second-order valence-corrected chi connectivity index (χ2v) is 10.6. The minimum atomic E-state index is -3.23. The average Bonchev–Trinajstić information content (AvgIpc) is 3.25. The van der Waals surface area contributed by atoms with E-state index in [1.165, 1.54) is 19.1 Å². The van der Waals surface area contributed by atoms with E-state index in [0.29, 0.717) is 15.8 Å². The van der Waals surface area contributed by atoms with Gasteiger partial charge >= 0.3 is 0 Å². The number of ether oxygens (including phenoxy) is 1. The van der Waals surface area contributed by atoms with Gasteiger partial charge in [-0.1, -0.05) is 23.2 Å². The van der Waals surface area contributed by atoms with E-state index in [9.17, 15) is 8.42 Å². The molecule has 0 spiro atoms. The molecule has 4 rings (SSSR count). The number of sulfone groups is 1. The molecule has 1 fully saturated rings. The molecule has 4 nitrogen and oxygen atoms in total. The Bertz CT molecular complexity index is 970. The predicted octanol–water partition coefficient (Wildman–Crippen LogP) is 4.79. The van der Waals surface area contributed by atoms with Crippen molar-refractivity contribution in [2.24, 2.45) is 5.92 Å². The van der Waals surface area contributed by atoms with Crippen LogP contribution in [0.4, 0.5) is 0 Å². The third-order valence-corrected chi connectivity index (χ3v) is 7.29. The highest BCUT2D eigenvalue weighted by Gasteiger charge is 2.37. The molecule has 0 N–H and O–H groups in total. The number of halogens is 2. The van der Waals surface area contributed by atoms with Gasteiger partial charge in [-0.2, -0.15) is 0 Å². The zero-order chi connectivity index (χ0) is 19.9. The number of rotatable bonds is 5. The summed E-state index contributed by atoms with van der Waals surface area (Å²) in [4.78, 5) is 2.77. The maximum atomic E-state index is 11.7. The van der Waals surface area contributed by atoms with E-state index >= 15 is 0 Å². The lowest BCUT2D eigenvalue weighted by Crippen LogP contribution is -2.30. The van der Waals surface area contributed by atoms with Gasteiger partial charge in [-0.15, -0.1) is 0 Å². The van der Waals surface area contributed by atoms with Gasteiger partial charge in [0.05, 0.1) is 4.90 Å². The van der Waals surface area contributed by atoms with E-state index in [1.807, 2.05) is 6.07 Å². The molecule has 150 valence electrons. The molecule has 2 atom stereocenters. The maximum Gasteiger partial charge on any atom is 0.175 e. The zero-order valence-corrected chi connectivity index (χ0v) is 18.0. The van der Waals surface area contributed by atoms with Gasteiger partial charge in [0.25, 0.3) is 0 Å². The lowest BCUT2D eigenvalue weighted by Gasteiger charge is -2.26. The van der Waals surface area contributed by atoms with Gasteiger partial charge < -0.3 is 9.64 Å². The lowest BCUT2D eigenvalue weighted by atomic mass is 10.0. The molecule has 0 amide bonds. The summed E-state index contributed by atoms with van der Waals surface area (Å²) >= 11 is 12.7. The van der Waals surface area contributed by atoms with Gasteiger partial charge in [0.2, 0.25) is 0 Å². The maximum absolute atomic E-state index is 11.7. The minimum Gasteiger partial charge on any atom is -0.485 e. The fraction of sp³-hybridized carbons (Fsp3) is 0.429. The summed E-state index contributed by atoms with van der Waals surface area (Å²) < 4.78 is 29.8. The molecular weight excluding hydrogens is 417 g/mol. The molecule has 2 aromatic rings. The van der Waals surface area contributed by atoms with Crippen molar-refractivity contribution >= 4 is 33.0 Å². The molecule has 0 aromatic heterocycles. The highest BCUT2D eigenvalue weighted by Crippen LogP contribution is 2.44. The largest absolute Gasteiger partial charge is 0.485 e. The molecule has 0 unspecified atom stereocenters. The van der Waals surface area contributed by atoms with Crippen LogP contribution in [0.25, 0.3) is 0 Å². The van der Waals surface area contributed by atoms with Crippen LogP contribution in [0.5, 0.6) is 5.75 Å². The van der Waals surface area contributed by atoms with Crippen molar-refractivity contribution in [2.75, 3.05) is 25.9 Å². The molecule has 1 heterocycles. The summed E-state index contributed by atoms with van der Waals surface area (Å²) in [5.74, 6) is 0.923. The van der Waals surface area contributed by atoms with E-state index in [2.05, 4.69) is 4.90 Å². The van der Waals surface area contributed by atoms with Crippen LogP contribution in [0.1, 0.15) is 30.1 Å². The molecule has 28 heavy (non-hydrogen) atoms. The summed E-state index contributed by atoms with van der Waals surface area (Å²) in [5.41, 5.74) is 2.14. The third-order valence-electron chi connectivity index (χ3n) is 5.60. The monoisotopic (exact) mass is 439 g/mol. The van der Waals surface area contributed by atoms with Crippen molar-refractivity contribution in [2.45, 2.75) is 30.3 Å². The molecule has 0 bridgehead atoms. The Balaban J connectivity index is 1.63. The fourth-order valence-electron chi connectivity index (χ4n) is 4.24. The van der Waals surface area contributed by atoms with E-state index in [4.69, 9.17) is 27.9 Å². The number of nitrogens with zero attached hydrogens (tertiary/aromatic N) is 1. The highest BCUT2D eigenvalue weighted by molar-refractivity contribution is 7.90. The molecule has 2 aliphatic rings. The number of hydrogen-bond donors (Lipinski definition) is 0. The molecule has 1 aliphatic heterocycles. The van der Waals surface area contributed by atoms with Gasteiger partial charge in [-0.05, 0) is 79.9 Å². The topological polar surface area (TPSA) is 46.6 Å². The van der Waals surface area contributed by atoms with Gasteiger partial charge in [-0.3, -0.25) is 0 Å². The molecule has 0 saturated carbocycles. The quantitative estimate of drug-likeness (QED) is 0.671. The first-order valence-corrected chi connectivity index (χ1v) is 12.1. The van der Waals surface area contributed by atoms with Gasteiger partial charge in [-0.25, -0.2) is 8.42 Å². The second-order valence-electron chi connectivity index (χ2n) is 7.71. The molecule has 1 aliphatic carbocycles. The lowest BCUT2D eigenvalue weighted by molar-refractivity contribution is 0.121. The van der Waals surface area contributed by atoms with Crippen molar-refractivity contribution in [1.29, 1.82) is 0 Å². The summed E-state index contributed by atoms with van der Waals surface area (Å²) in [7, 11) is -3.23. The smallest absolute Gasteiger partial charge is 0.175 e. The Kier molecular flexibility index (Phi) is 5.62. The summed E-state index contributed by atoms with van der Waals surface area (Å²) in [6, 6.07) is 10.3. The van der Waals surface area contributed by atoms with E-state index in [0.717, 1.165) is 37.2 Å². The molecule has 1 saturated heterocycles. The molecule has 0 radical (unpaired) electrons. The minimum absolute atomic E-state index is 0.157. The van der Waals surface area contributed by atoms with Crippen molar-refractivity contribution in [1.82, 2.24) is 4.90 Å². The van der Waals surface area contributed by atoms with Crippen LogP contribution >= 0.6 is 23.2 Å². The van der Waals surface area contributed by atoms with Gasteiger partial charge in [0.15, 0.2) is 9.84 Å². The van der Waals surface area contributed by atoms with Crippen LogP contribution < -0.4 is 4.74 Å². The van der Waals surface area contributed by atoms with E-state index < -0.39 is 9.84 Å². The van der Waals surface area contributed by atoms with Gasteiger partial charge in [0.1, 0.15) is 11.9 Å². The Hall–Kier alpha value is -1.27. The van der Waals surface area contributed by atoms with E-state index in [-0.39, 0.29) is 16.9 Å². The first kappa shape index (κ1) is 20.0. The predicted molar refractivity (Wildman–Crippen MR) is 112 cm³/mol. The number of hydrogen-bond acceptors (Lipinski definition) is 4. The Morgan fingerprint density at radius 2 is 1.79 bits per heavy atom. The molecular formula is C21H23Cl2NO3S. The van der Waals surface area contributed by atoms with Crippen molar-refractivity contribution in [3.8, 4) is 5.75 Å². The standard InChI is InChI=1S/C21H23Cl2NO3S/c1-28(25,26)17-6-4-16(5-7-17)27-21-14(13-24-8-2-3-9-24)10-18-19(21)11-15(22)12-20(18)23/h4-7,11-12,14,21H,2-3,8-10,13H2,1H3/t14-,21-/m1/s1. The van der Waals surface area contributed by atoms with Crippen LogP contribution in [-0.4, -0.2) is 39.2 Å². The van der Waals surface area contributed by atoms with E-state index in [1.54, 1.807) is 30.3 Å². The van der Waals surface area contributed by atoms with Crippen molar-refractivity contribution in [3.05, 3.63) is 57.6 Å². The number of likely N-dealkylation sites (tertiary alicyclic amines) is 1. The van der Waals surface area contributed by atoms with Gasteiger partial charge in [0, 0.05) is 28.8 Å². The normalized spacial score (nSPS) is 22.4. The van der Waals surface area contributed by atoms with Crippen LogP contribution in [0.15, 0.2) is 41.3 Å². The zero-order valence-electron chi connectivity index (χ0n) is 15.7. The number of benzene rings is 2. The number of fused-ring (bicyclic) bond motifs is 1. The van der Waals surface area contributed by atoms with Crippen LogP contribution in [-0.2, 0) is 16.3 Å². The summed E-state index contributed by atoms with van der Waals surface area (Å²) in [6.45, 7) is 3.20. The third kappa shape index (κ3) is 4.18. The van der Waals surface area contributed by atoms with Crippen molar-refractivity contribution < 1.29 is 13.2 Å². The average molecular weight is 440 g/mol. The summed E-state index contributed by atoms with van der Waals surface area (Å²) in [5, 5.41) is 1.29. The highest BCUT2D eigenvalue weighted by atomic mass is 35.5. The fourth-order valence-corrected chi connectivity index (χ4v) is 5.46. The Labute approximate surface area is 176 Å². The first-order chi connectivity index (χ1) is 13.3. The molecule has 2 aromatic carbocycles.